The van der Waals surface area contributed by atoms with Crippen molar-refractivity contribution < 1.29 is 4.39 Å². The molecule has 0 heterocycles. The predicted molar refractivity (Wildman–Crippen MR) is 74.4 cm³/mol. The van der Waals surface area contributed by atoms with Gasteiger partial charge >= 0.3 is 0 Å². The molecule has 1 aliphatic rings. The van der Waals surface area contributed by atoms with Gasteiger partial charge in [0.1, 0.15) is 5.82 Å². The summed E-state index contributed by atoms with van der Waals surface area (Å²) in [7, 11) is 0. The summed E-state index contributed by atoms with van der Waals surface area (Å²) in [5.74, 6) is 1.13. The summed E-state index contributed by atoms with van der Waals surface area (Å²) in [5.41, 5.74) is 2.47. The van der Waals surface area contributed by atoms with Crippen molar-refractivity contribution in [2.24, 2.45) is 5.92 Å². The Balaban J connectivity index is 2.08. The number of hydrogen-bond acceptors (Lipinski definition) is 1. The molecule has 18 heavy (non-hydrogen) atoms. The Hall–Kier alpha value is -0.890. The lowest BCUT2D eigenvalue weighted by atomic mass is 9.86. The smallest absolute Gasteiger partial charge is 0.123 e. The molecule has 1 nitrogen and oxygen atoms in total. The molecule has 2 heteroatoms. The highest BCUT2D eigenvalue weighted by molar-refractivity contribution is 5.31. The van der Waals surface area contributed by atoms with Crippen molar-refractivity contribution >= 4 is 0 Å². The Kier molecular flexibility index (Phi) is 4.76. The maximum atomic E-state index is 13.4. The fraction of sp³-hybridized carbons (Fsp3) is 0.625. The Bertz CT molecular complexity index is 389. The van der Waals surface area contributed by atoms with Crippen molar-refractivity contribution in [3.63, 3.8) is 0 Å². The van der Waals surface area contributed by atoms with E-state index in [4.69, 9.17) is 0 Å². The van der Waals surface area contributed by atoms with Gasteiger partial charge in [0.05, 0.1) is 0 Å². The average molecular weight is 249 g/mol. The molecular formula is C16H24FN. The monoisotopic (exact) mass is 249 g/mol. The molecule has 0 bridgehead atoms. The van der Waals surface area contributed by atoms with Crippen LogP contribution in [0, 0.1) is 18.7 Å². The molecule has 1 aliphatic carbocycles. The lowest BCUT2D eigenvalue weighted by molar-refractivity contribution is 0.442. The Morgan fingerprint density at radius 2 is 2.17 bits per heavy atom. The highest BCUT2D eigenvalue weighted by Gasteiger charge is 2.29. The van der Waals surface area contributed by atoms with E-state index in [1.54, 1.807) is 12.1 Å². The van der Waals surface area contributed by atoms with E-state index in [2.05, 4.69) is 19.2 Å². The summed E-state index contributed by atoms with van der Waals surface area (Å²) in [6.07, 6.45) is 4.94. The van der Waals surface area contributed by atoms with Crippen LogP contribution in [-0.4, -0.2) is 13.1 Å². The van der Waals surface area contributed by atoms with Crippen molar-refractivity contribution in [3.8, 4) is 0 Å². The molecule has 0 spiro atoms. The van der Waals surface area contributed by atoms with Gasteiger partial charge in [-0.2, -0.15) is 0 Å². The second-order valence-electron chi connectivity index (χ2n) is 5.50. The van der Waals surface area contributed by atoms with Crippen molar-refractivity contribution in [2.45, 2.75) is 45.4 Å². The molecule has 1 N–H and O–H groups in total. The van der Waals surface area contributed by atoms with Gasteiger partial charge in [0.2, 0.25) is 0 Å². The highest BCUT2D eigenvalue weighted by Crippen LogP contribution is 2.40. The Labute approximate surface area is 110 Å². The van der Waals surface area contributed by atoms with Crippen molar-refractivity contribution in [1.29, 1.82) is 0 Å². The summed E-state index contributed by atoms with van der Waals surface area (Å²) < 4.78 is 13.4. The van der Waals surface area contributed by atoms with Crippen LogP contribution in [0.5, 0.6) is 0 Å². The third kappa shape index (κ3) is 3.11. The zero-order valence-electron chi connectivity index (χ0n) is 11.5. The van der Waals surface area contributed by atoms with Gasteiger partial charge in [-0.25, -0.2) is 4.39 Å². The van der Waals surface area contributed by atoms with Crippen molar-refractivity contribution in [3.05, 3.63) is 35.1 Å². The molecule has 1 aromatic carbocycles. The Morgan fingerprint density at radius 1 is 1.33 bits per heavy atom. The minimum atomic E-state index is -0.0947. The van der Waals surface area contributed by atoms with Crippen molar-refractivity contribution in [2.75, 3.05) is 13.1 Å². The first-order valence-corrected chi connectivity index (χ1v) is 7.19. The van der Waals surface area contributed by atoms with Gasteiger partial charge in [0.25, 0.3) is 0 Å². The lowest BCUT2D eigenvalue weighted by Gasteiger charge is -2.22. The van der Waals surface area contributed by atoms with E-state index in [1.165, 1.54) is 36.8 Å². The van der Waals surface area contributed by atoms with Gasteiger partial charge in [-0.15, -0.1) is 0 Å². The Morgan fingerprint density at radius 3 is 2.94 bits per heavy atom. The zero-order valence-corrected chi connectivity index (χ0v) is 11.5. The molecule has 2 atom stereocenters. The van der Waals surface area contributed by atoms with Gasteiger partial charge in [0.15, 0.2) is 0 Å². The van der Waals surface area contributed by atoms with Crippen LogP contribution >= 0.6 is 0 Å². The van der Waals surface area contributed by atoms with Gasteiger partial charge in [-0.1, -0.05) is 19.4 Å². The molecular weight excluding hydrogens is 225 g/mol. The average Bonchev–Trinajstić information content (AvgIpc) is 2.81. The number of aryl methyl sites for hydroxylation is 1. The molecule has 0 aromatic heterocycles. The molecule has 1 fully saturated rings. The van der Waals surface area contributed by atoms with Gasteiger partial charge in [-0.3, -0.25) is 0 Å². The molecule has 2 rings (SSSR count). The van der Waals surface area contributed by atoms with Crippen LogP contribution in [0.1, 0.15) is 49.7 Å². The van der Waals surface area contributed by atoms with E-state index in [-0.39, 0.29) is 5.82 Å². The van der Waals surface area contributed by atoms with Crippen molar-refractivity contribution in [1.82, 2.24) is 5.32 Å². The summed E-state index contributed by atoms with van der Waals surface area (Å²) in [5, 5.41) is 3.52. The highest BCUT2D eigenvalue weighted by atomic mass is 19.1. The number of nitrogens with one attached hydrogen (secondary N) is 1. The molecule has 1 aromatic rings. The van der Waals surface area contributed by atoms with E-state index >= 15 is 0 Å². The standard InChI is InChI=1S/C16H24FN/c1-3-9-18-11-13-5-4-6-15(13)16-10-14(17)8-7-12(16)2/h7-8,10,13,15,18H,3-6,9,11H2,1-2H3. The zero-order chi connectivity index (χ0) is 13.0. The molecule has 0 aliphatic heterocycles. The molecule has 2 unspecified atom stereocenters. The first-order chi connectivity index (χ1) is 8.72. The van der Waals surface area contributed by atoms with E-state index < -0.39 is 0 Å². The van der Waals surface area contributed by atoms with Crippen LogP contribution in [0.25, 0.3) is 0 Å². The molecule has 0 amide bonds. The maximum absolute atomic E-state index is 13.4. The van der Waals surface area contributed by atoms with E-state index in [1.807, 2.05) is 6.07 Å². The summed E-state index contributed by atoms with van der Waals surface area (Å²) >= 11 is 0. The topological polar surface area (TPSA) is 12.0 Å². The third-order valence-electron chi connectivity index (χ3n) is 4.13. The number of benzene rings is 1. The second-order valence-corrected chi connectivity index (χ2v) is 5.50. The molecule has 1 saturated carbocycles. The predicted octanol–water partition coefficient (Wildman–Crippen LogP) is 4.02. The maximum Gasteiger partial charge on any atom is 0.123 e. The van der Waals surface area contributed by atoms with Crippen LogP contribution in [0.15, 0.2) is 18.2 Å². The van der Waals surface area contributed by atoms with E-state index in [0.717, 1.165) is 13.1 Å². The molecule has 0 saturated heterocycles. The van der Waals surface area contributed by atoms with E-state index in [0.29, 0.717) is 11.8 Å². The second kappa shape index (κ2) is 6.33. The summed E-state index contributed by atoms with van der Waals surface area (Å²) in [4.78, 5) is 0. The van der Waals surface area contributed by atoms with Crippen LogP contribution < -0.4 is 5.32 Å². The van der Waals surface area contributed by atoms with Gasteiger partial charge < -0.3 is 5.32 Å². The first-order valence-electron chi connectivity index (χ1n) is 7.19. The van der Waals surface area contributed by atoms with Crippen LogP contribution in [-0.2, 0) is 0 Å². The van der Waals surface area contributed by atoms with Gasteiger partial charge in [0, 0.05) is 0 Å². The lowest BCUT2D eigenvalue weighted by Crippen LogP contribution is -2.25. The fourth-order valence-corrected chi connectivity index (χ4v) is 3.17. The molecule has 100 valence electrons. The normalized spacial score (nSPS) is 23.5. The molecule has 0 radical (unpaired) electrons. The number of halogens is 1. The SMILES string of the molecule is CCCNCC1CCCC1c1cc(F)ccc1C. The first kappa shape index (κ1) is 13.5. The number of rotatable bonds is 5. The largest absolute Gasteiger partial charge is 0.316 e. The number of hydrogen-bond donors (Lipinski definition) is 1. The van der Waals surface area contributed by atoms with Crippen LogP contribution in [0.3, 0.4) is 0 Å². The third-order valence-corrected chi connectivity index (χ3v) is 4.13. The van der Waals surface area contributed by atoms with Gasteiger partial charge in [-0.05, 0) is 74.4 Å². The minimum absolute atomic E-state index is 0.0947. The van der Waals surface area contributed by atoms with Crippen LogP contribution in [0.2, 0.25) is 0 Å². The fourth-order valence-electron chi connectivity index (χ4n) is 3.17. The summed E-state index contributed by atoms with van der Waals surface area (Å²) in [6.45, 7) is 6.46. The van der Waals surface area contributed by atoms with Crippen LogP contribution in [0.4, 0.5) is 4.39 Å². The summed E-state index contributed by atoms with van der Waals surface area (Å²) in [6, 6.07) is 5.23. The minimum Gasteiger partial charge on any atom is -0.316 e. The van der Waals surface area contributed by atoms with E-state index in [9.17, 15) is 4.39 Å². The quantitative estimate of drug-likeness (QED) is 0.777.